The molecular formula is C20H27FN4O2S. The maximum absolute atomic E-state index is 13.2. The molecule has 0 atom stereocenters. The zero-order valence-electron chi connectivity index (χ0n) is 16.8. The van der Waals surface area contributed by atoms with E-state index < -0.39 is 5.82 Å². The molecule has 0 radical (unpaired) electrons. The Balaban J connectivity index is 2.10. The highest BCUT2D eigenvalue weighted by Crippen LogP contribution is 2.21. The molecule has 28 heavy (non-hydrogen) atoms. The SMILES string of the molecule is CCN(CC)CCN(CC(=O)Nc1nc(C)c(C)s1)C(=O)c1ccc(F)cc1. The topological polar surface area (TPSA) is 65.5 Å². The molecule has 152 valence electrons. The normalized spacial score (nSPS) is 10.9. The number of benzene rings is 1. The molecule has 0 spiro atoms. The number of aryl methyl sites for hydroxylation is 2. The fourth-order valence-electron chi connectivity index (χ4n) is 2.69. The van der Waals surface area contributed by atoms with Crippen molar-refractivity contribution in [3.8, 4) is 0 Å². The summed E-state index contributed by atoms with van der Waals surface area (Å²) in [5.74, 6) is -1.00. The number of halogens is 1. The molecule has 1 N–H and O–H groups in total. The van der Waals surface area contributed by atoms with Gasteiger partial charge in [-0.05, 0) is 51.2 Å². The van der Waals surface area contributed by atoms with Gasteiger partial charge in [-0.3, -0.25) is 9.59 Å². The number of anilines is 1. The van der Waals surface area contributed by atoms with Gasteiger partial charge in [-0.1, -0.05) is 13.8 Å². The standard InChI is InChI=1S/C20H27FN4O2S/c1-5-24(6-2)11-12-25(19(27)16-7-9-17(21)10-8-16)13-18(26)23-20-22-14(3)15(4)28-20/h7-10H,5-6,11-13H2,1-4H3,(H,22,23,26). The average molecular weight is 407 g/mol. The number of thiazole rings is 1. The number of nitrogens with one attached hydrogen (secondary N) is 1. The van der Waals surface area contributed by atoms with Crippen LogP contribution in [0.5, 0.6) is 0 Å². The Hall–Kier alpha value is -2.32. The number of likely N-dealkylation sites (N-methyl/N-ethyl adjacent to an activating group) is 1. The van der Waals surface area contributed by atoms with Crippen molar-refractivity contribution in [2.75, 3.05) is 38.0 Å². The van der Waals surface area contributed by atoms with Crippen molar-refractivity contribution in [1.82, 2.24) is 14.8 Å². The highest BCUT2D eigenvalue weighted by atomic mass is 32.1. The minimum Gasteiger partial charge on any atom is -0.328 e. The van der Waals surface area contributed by atoms with Gasteiger partial charge in [0.1, 0.15) is 12.4 Å². The van der Waals surface area contributed by atoms with Crippen LogP contribution in [-0.2, 0) is 4.79 Å². The van der Waals surface area contributed by atoms with Crippen molar-refractivity contribution in [2.24, 2.45) is 0 Å². The van der Waals surface area contributed by atoms with Crippen molar-refractivity contribution in [2.45, 2.75) is 27.7 Å². The molecule has 0 aliphatic heterocycles. The Labute approximate surface area is 169 Å². The molecule has 0 aliphatic carbocycles. The first kappa shape index (κ1) is 22.0. The predicted molar refractivity (Wildman–Crippen MR) is 110 cm³/mol. The summed E-state index contributed by atoms with van der Waals surface area (Å²) >= 11 is 1.41. The summed E-state index contributed by atoms with van der Waals surface area (Å²) in [4.78, 5) is 34.4. The molecule has 6 nitrogen and oxygen atoms in total. The van der Waals surface area contributed by atoms with Gasteiger partial charge in [0.25, 0.3) is 5.91 Å². The Morgan fingerprint density at radius 1 is 1.11 bits per heavy atom. The lowest BCUT2D eigenvalue weighted by Gasteiger charge is -2.26. The van der Waals surface area contributed by atoms with Crippen LogP contribution >= 0.6 is 11.3 Å². The number of aromatic nitrogens is 1. The highest BCUT2D eigenvalue weighted by molar-refractivity contribution is 7.15. The maximum Gasteiger partial charge on any atom is 0.254 e. The lowest BCUT2D eigenvalue weighted by Crippen LogP contribution is -2.42. The van der Waals surface area contributed by atoms with Gasteiger partial charge in [0.05, 0.1) is 5.69 Å². The van der Waals surface area contributed by atoms with Crippen molar-refractivity contribution >= 4 is 28.3 Å². The summed E-state index contributed by atoms with van der Waals surface area (Å²) in [6, 6.07) is 5.37. The van der Waals surface area contributed by atoms with E-state index in [1.54, 1.807) is 0 Å². The molecule has 0 bridgehead atoms. The monoisotopic (exact) mass is 406 g/mol. The molecule has 1 aromatic carbocycles. The lowest BCUT2D eigenvalue weighted by atomic mass is 10.2. The number of rotatable bonds is 9. The van der Waals surface area contributed by atoms with Gasteiger partial charge < -0.3 is 15.1 Å². The summed E-state index contributed by atoms with van der Waals surface area (Å²) in [5.41, 5.74) is 1.23. The van der Waals surface area contributed by atoms with Gasteiger partial charge in [-0.25, -0.2) is 9.37 Å². The van der Waals surface area contributed by atoms with Crippen LogP contribution in [0.25, 0.3) is 0 Å². The van der Waals surface area contributed by atoms with Crippen LogP contribution in [0.4, 0.5) is 9.52 Å². The zero-order chi connectivity index (χ0) is 20.7. The number of amides is 2. The number of hydrogen-bond donors (Lipinski definition) is 1. The van der Waals surface area contributed by atoms with Gasteiger partial charge in [0.15, 0.2) is 5.13 Å². The molecule has 0 aliphatic rings. The third-order valence-corrected chi connectivity index (χ3v) is 5.56. The molecule has 2 aromatic rings. The van der Waals surface area contributed by atoms with E-state index in [0.29, 0.717) is 23.8 Å². The number of carbonyl (C=O) groups excluding carboxylic acids is 2. The molecule has 1 aromatic heterocycles. The summed E-state index contributed by atoms with van der Waals surface area (Å²) in [5, 5.41) is 3.29. The first-order valence-corrected chi connectivity index (χ1v) is 10.2. The van der Waals surface area contributed by atoms with E-state index in [1.807, 2.05) is 13.8 Å². The lowest BCUT2D eigenvalue weighted by molar-refractivity contribution is -0.116. The summed E-state index contributed by atoms with van der Waals surface area (Å²) < 4.78 is 13.2. The Kier molecular flexibility index (Phi) is 8.07. The van der Waals surface area contributed by atoms with E-state index in [1.165, 1.54) is 40.5 Å². The minimum atomic E-state index is -0.404. The first-order chi connectivity index (χ1) is 13.3. The minimum absolute atomic E-state index is 0.0881. The third kappa shape index (κ3) is 6.10. The van der Waals surface area contributed by atoms with Crippen LogP contribution in [0.3, 0.4) is 0 Å². The second-order valence-electron chi connectivity index (χ2n) is 6.47. The summed E-state index contributed by atoms with van der Waals surface area (Å²) in [7, 11) is 0. The van der Waals surface area contributed by atoms with E-state index in [-0.39, 0.29) is 18.4 Å². The summed E-state index contributed by atoms with van der Waals surface area (Å²) in [6.45, 7) is 10.6. The predicted octanol–water partition coefficient (Wildman–Crippen LogP) is 3.32. The molecule has 0 fully saturated rings. The van der Waals surface area contributed by atoms with Crippen molar-refractivity contribution in [1.29, 1.82) is 0 Å². The molecule has 0 unspecified atom stereocenters. The van der Waals surface area contributed by atoms with Crippen molar-refractivity contribution < 1.29 is 14.0 Å². The molecule has 2 amide bonds. The van der Waals surface area contributed by atoms with Gasteiger partial charge in [-0.15, -0.1) is 11.3 Å². The Bertz CT molecular complexity index is 784. The second-order valence-corrected chi connectivity index (χ2v) is 7.67. The van der Waals surface area contributed by atoms with Gasteiger partial charge in [-0.2, -0.15) is 0 Å². The molecular weight excluding hydrogens is 379 g/mol. The van der Waals surface area contributed by atoms with Crippen molar-refractivity contribution in [3.05, 3.63) is 46.2 Å². The summed E-state index contributed by atoms with van der Waals surface area (Å²) in [6.07, 6.45) is 0. The highest BCUT2D eigenvalue weighted by Gasteiger charge is 2.20. The Morgan fingerprint density at radius 3 is 2.29 bits per heavy atom. The van der Waals surface area contributed by atoms with Crippen molar-refractivity contribution in [3.63, 3.8) is 0 Å². The van der Waals surface area contributed by atoms with Gasteiger partial charge >= 0.3 is 0 Å². The fraction of sp³-hybridized carbons (Fsp3) is 0.450. The van der Waals surface area contributed by atoms with Crippen LogP contribution in [0.2, 0.25) is 0 Å². The average Bonchev–Trinajstić information content (AvgIpc) is 2.98. The third-order valence-electron chi connectivity index (χ3n) is 4.57. The largest absolute Gasteiger partial charge is 0.328 e. The van der Waals surface area contributed by atoms with Crippen LogP contribution in [0.15, 0.2) is 24.3 Å². The van der Waals surface area contributed by atoms with Gasteiger partial charge in [0, 0.05) is 23.5 Å². The van der Waals surface area contributed by atoms with Gasteiger partial charge in [0.2, 0.25) is 5.91 Å². The molecule has 2 rings (SSSR count). The Morgan fingerprint density at radius 2 is 1.75 bits per heavy atom. The van der Waals surface area contributed by atoms with E-state index in [9.17, 15) is 14.0 Å². The number of hydrogen-bond acceptors (Lipinski definition) is 5. The second kappa shape index (κ2) is 10.3. The van der Waals surface area contributed by atoms with Crippen LogP contribution in [0.1, 0.15) is 34.8 Å². The zero-order valence-corrected chi connectivity index (χ0v) is 17.6. The van der Waals surface area contributed by atoms with E-state index in [0.717, 1.165) is 23.7 Å². The quantitative estimate of drug-likeness (QED) is 0.694. The smallest absolute Gasteiger partial charge is 0.254 e. The fourth-order valence-corrected chi connectivity index (χ4v) is 3.52. The maximum atomic E-state index is 13.2. The number of carbonyl (C=O) groups is 2. The van der Waals surface area contributed by atoms with Crippen LogP contribution in [-0.4, -0.2) is 59.3 Å². The van der Waals surface area contributed by atoms with Crippen LogP contribution in [0, 0.1) is 19.7 Å². The van der Waals surface area contributed by atoms with E-state index in [2.05, 4.69) is 29.0 Å². The van der Waals surface area contributed by atoms with Crippen LogP contribution < -0.4 is 5.32 Å². The molecule has 1 heterocycles. The molecule has 0 saturated heterocycles. The van der Waals surface area contributed by atoms with E-state index >= 15 is 0 Å². The molecule has 8 heteroatoms. The van der Waals surface area contributed by atoms with E-state index in [4.69, 9.17) is 0 Å². The number of nitrogens with zero attached hydrogens (tertiary/aromatic N) is 3. The first-order valence-electron chi connectivity index (χ1n) is 9.35. The molecule has 0 saturated carbocycles.